The van der Waals surface area contributed by atoms with Gasteiger partial charge in [-0.1, -0.05) is 24.3 Å². The summed E-state index contributed by atoms with van der Waals surface area (Å²) in [5.74, 6) is -0.497. The van der Waals surface area contributed by atoms with Crippen molar-refractivity contribution in [1.29, 1.82) is 0 Å². The highest BCUT2D eigenvalue weighted by Gasteiger charge is 2.50. The Balaban J connectivity index is 1.44. The summed E-state index contributed by atoms with van der Waals surface area (Å²) >= 11 is 0. The second kappa shape index (κ2) is 14.3. The number of allylic oxidation sites excluding steroid dienone is 2. The second-order valence-corrected chi connectivity index (χ2v) is 12.2. The Labute approximate surface area is 248 Å². The number of carbonyl (C=O) groups is 4. The number of rotatable bonds is 14. The van der Waals surface area contributed by atoms with Gasteiger partial charge in [0.1, 0.15) is 23.4 Å². The van der Waals surface area contributed by atoms with E-state index in [4.69, 9.17) is 9.47 Å². The van der Waals surface area contributed by atoms with E-state index in [9.17, 15) is 24.3 Å². The van der Waals surface area contributed by atoms with E-state index < -0.39 is 35.5 Å². The molecule has 3 amide bonds. The molecule has 1 saturated carbocycles. The molecule has 0 aromatic heterocycles. The number of hydrogen-bond donors (Lipinski definition) is 4. The van der Waals surface area contributed by atoms with Crippen LogP contribution in [0.15, 0.2) is 36.4 Å². The molecule has 0 unspecified atom stereocenters. The summed E-state index contributed by atoms with van der Waals surface area (Å²) in [5.41, 5.74) is -0.0970. The van der Waals surface area contributed by atoms with Gasteiger partial charge >= 0.3 is 0 Å². The molecule has 0 radical (unpaired) electrons. The molecule has 1 aromatic rings. The lowest BCUT2D eigenvalue weighted by molar-refractivity contribution is -0.135. The summed E-state index contributed by atoms with van der Waals surface area (Å²) < 4.78 is 10.6. The highest BCUT2D eigenvalue weighted by atomic mass is 16.6. The molecule has 0 bridgehead atoms. The van der Waals surface area contributed by atoms with Gasteiger partial charge in [0, 0.05) is 12.3 Å². The number of ketones is 1. The monoisotopic (exact) mass is 583 g/mol. The van der Waals surface area contributed by atoms with E-state index in [2.05, 4.69) is 28.1 Å². The molecule has 230 valence electrons. The Morgan fingerprint density at radius 3 is 2.19 bits per heavy atom. The first kappa shape index (κ1) is 31.7. The lowest BCUT2D eigenvalue weighted by atomic mass is 9.87. The number of aliphatic hydroxyl groups excluding tert-OH is 1. The molecule has 1 heterocycles. The van der Waals surface area contributed by atoms with Gasteiger partial charge in [0.2, 0.25) is 17.7 Å². The van der Waals surface area contributed by atoms with Crippen LogP contribution in [-0.2, 0) is 30.3 Å². The van der Waals surface area contributed by atoms with Crippen LogP contribution >= 0.6 is 0 Å². The largest absolute Gasteiger partial charge is 0.497 e. The van der Waals surface area contributed by atoms with Gasteiger partial charge in [-0.3, -0.25) is 19.2 Å². The zero-order valence-corrected chi connectivity index (χ0v) is 24.9. The molecule has 10 nitrogen and oxygen atoms in total. The summed E-state index contributed by atoms with van der Waals surface area (Å²) in [6.45, 7) is 3.65. The van der Waals surface area contributed by atoms with Crippen molar-refractivity contribution in [2.75, 3.05) is 13.7 Å². The number of methoxy groups -OCH3 is 1. The first-order valence-corrected chi connectivity index (χ1v) is 15.1. The van der Waals surface area contributed by atoms with Crippen molar-refractivity contribution in [3.8, 4) is 5.75 Å². The minimum Gasteiger partial charge on any atom is -0.497 e. The summed E-state index contributed by atoms with van der Waals surface area (Å²) in [7, 11) is 1.57. The number of aliphatic hydroxyl groups is 1. The van der Waals surface area contributed by atoms with Crippen molar-refractivity contribution in [3.63, 3.8) is 0 Å². The number of ether oxygens (including phenoxy) is 2. The molecule has 4 N–H and O–H groups in total. The summed E-state index contributed by atoms with van der Waals surface area (Å²) in [6.07, 6.45) is 9.54. The van der Waals surface area contributed by atoms with Gasteiger partial charge in [-0.25, -0.2) is 0 Å². The van der Waals surface area contributed by atoms with E-state index in [1.165, 1.54) is 0 Å². The molecular weight excluding hydrogens is 538 g/mol. The first-order chi connectivity index (χ1) is 20.1. The topological polar surface area (TPSA) is 146 Å². The van der Waals surface area contributed by atoms with E-state index in [0.717, 1.165) is 24.8 Å². The van der Waals surface area contributed by atoms with Crippen LogP contribution in [0.2, 0.25) is 0 Å². The SMILES string of the molecule is COc1ccc(C[C@H](NC(=O)[C@@H](C)NC(=O)C2CCC(O)CC2)C(=O)N[C@@H](CCC2CC=CC2)C(=O)[C@@]2(C)CO2)cc1. The van der Waals surface area contributed by atoms with Crippen molar-refractivity contribution in [3.05, 3.63) is 42.0 Å². The normalized spacial score (nSPS) is 25.6. The Kier molecular flexibility index (Phi) is 10.8. The van der Waals surface area contributed by atoms with Gasteiger partial charge in [-0.2, -0.15) is 0 Å². The number of carbonyl (C=O) groups excluding carboxylic acids is 4. The molecule has 0 spiro atoms. The van der Waals surface area contributed by atoms with Crippen LogP contribution in [0.4, 0.5) is 0 Å². The minimum absolute atomic E-state index is 0.158. The molecular formula is C32H45N3O7. The molecule has 1 aliphatic heterocycles. The minimum atomic E-state index is -0.980. The maximum absolute atomic E-state index is 13.7. The van der Waals surface area contributed by atoms with E-state index in [0.29, 0.717) is 50.4 Å². The number of Topliss-reactive ketones (excluding diaryl/α,β-unsaturated/α-hetero) is 1. The van der Waals surface area contributed by atoms with E-state index >= 15 is 0 Å². The van der Waals surface area contributed by atoms with Gasteiger partial charge < -0.3 is 30.5 Å². The molecule has 2 fully saturated rings. The number of hydrogen-bond acceptors (Lipinski definition) is 7. The average Bonchev–Trinajstić information content (AvgIpc) is 3.52. The van der Waals surface area contributed by atoms with Crippen LogP contribution in [-0.4, -0.2) is 72.2 Å². The smallest absolute Gasteiger partial charge is 0.243 e. The number of epoxide rings is 1. The zero-order valence-electron chi connectivity index (χ0n) is 24.9. The highest BCUT2D eigenvalue weighted by molar-refractivity contribution is 5.98. The van der Waals surface area contributed by atoms with Crippen molar-refractivity contribution in [2.24, 2.45) is 11.8 Å². The third kappa shape index (κ3) is 8.64. The fourth-order valence-corrected chi connectivity index (χ4v) is 5.71. The lowest BCUT2D eigenvalue weighted by Gasteiger charge is -2.27. The van der Waals surface area contributed by atoms with Crippen LogP contribution in [0, 0.1) is 11.8 Å². The Bertz CT molecular complexity index is 1130. The summed E-state index contributed by atoms with van der Waals surface area (Å²) in [5, 5.41) is 18.3. The first-order valence-electron chi connectivity index (χ1n) is 15.1. The second-order valence-electron chi connectivity index (χ2n) is 12.2. The highest BCUT2D eigenvalue weighted by Crippen LogP contribution is 2.31. The van der Waals surface area contributed by atoms with Crippen molar-refractivity contribution < 1.29 is 33.8 Å². The third-order valence-corrected chi connectivity index (χ3v) is 8.75. The zero-order chi connectivity index (χ0) is 30.3. The van der Waals surface area contributed by atoms with Crippen LogP contribution in [0.25, 0.3) is 0 Å². The Morgan fingerprint density at radius 1 is 0.976 bits per heavy atom. The number of benzene rings is 1. The van der Waals surface area contributed by atoms with Gasteiger partial charge in [0.25, 0.3) is 0 Å². The van der Waals surface area contributed by atoms with Crippen LogP contribution < -0.4 is 20.7 Å². The fraction of sp³-hybridized carbons (Fsp3) is 0.625. The predicted octanol–water partition coefficient (Wildman–Crippen LogP) is 2.37. The molecule has 1 saturated heterocycles. The fourth-order valence-electron chi connectivity index (χ4n) is 5.71. The van der Waals surface area contributed by atoms with Gasteiger partial charge in [0.05, 0.1) is 25.9 Å². The maximum Gasteiger partial charge on any atom is 0.243 e. The summed E-state index contributed by atoms with van der Waals surface area (Å²) in [6, 6.07) is 4.62. The van der Waals surface area contributed by atoms with Crippen molar-refractivity contribution in [1.82, 2.24) is 16.0 Å². The third-order valence-electron chi connectivity index (χ3n) is 8.75. The molecule has 10 heteroatoms. The maximum atomic E-state index is 13.7. The lowest BCUT2D eigenvalue weighted by Crippen LogP contribution is -2.57. The molecule has 42 heavy (non-hydrogen) atoms. The number of amides is 3. The molecule has 2 aliphatic carbocycles. The van der Waals surface area contributed by atoms with Crippen molar-refractivity contribution in [2.45, 2.75) is 101 Å². The molecule has 1 aromatic carbocycles. The standard InChI is InChI=1S/C32H45N3O7/c1-20(33-30(39)23-11-13-24(36)14-12-23)29(38)35-27(18-22-8-15-25(41-3)16-9-22)31(40)34-26(28(37)32(2)19-42-32)17-10-21-6-4-5-7-21/h4-5,8-9,15-16,20-21,23-24,26-27,36H,6-7,10-14,17-19H2,1-3H3,(H,33,39)(H,34,40)(H,35,38)/t20-,23?,24?,26+,27+,32-/m1/s1. The van der Waals surface area contributed by atoms with Gasteiger partial charge in [0.15, 0.2) is 5.78 Å². The molecule has 4 atom stereocenters. The Morgan fingerprint density at radius 2 is 1.60 bits per heavy atom. The quantitative estimate of drug-likeness (QED) is 0.194. The molecule has 4 rings (SSSR count). The van der Waals surface area contributed by atoms with Gasteiger partial charge in [-0.15, -0.1) is 0 Å². The summed E-state index contributed by atoms with van der Waals surface area (Å²) in [4.78, 5) is 53.1. The average molecular weight is 584 g/mol. The van der Waals surface area contributed by atoms with Crippen LogP contribution in [0.5, 0.6) is 5.75 Å². The van der Waals surface area contributed by atoms with E-state index in [1.807, 2.05) is 12.1 Å². The van der Waals surface area contributed by atoms with E-state index in [1.54, 1.807) is 33.1 Å². The Hall–Kier alpha value is -3.24. The van der Waals surface area contributed by atoms with Crippen molar-refractivity contribution >= 4 is 23.5 Å². The van der Waals surface area contributed by atoms with Crippen LogP contribution in [0.3, 0.4) is 0 Å². The van der Waals surface area contributed by atoms with E-state index in [-0.39, 0.29) is 30.1 Å². The number of nitrogens with one attached hydrogen (secondary N) is 3. The predicted molar refractivity (Wildman–Crippen MR) is 157 cm³/mol. The molecule has 3 aliphatic rings. The van der Waals surface area contributed by atoms with Gasteiger partial charge in [-0.05, 0) is 88.8 Å². The van der Waals surface area contributed by atoms with Crippen LogP contribution in [0.1, 0.15) is 70.8 Å².